The molecule has 0 spiro atoms. The van der Waals surface area contributed by atoms with E-state index in [9.17, 15) is 8.42 Å². The highest BCUT2D eigenvalue weighted by Gasteiger charge is 2.06. The summed E-state index contributed by atoms with van der Waals surface area (Å²) in [5.41, 5.74) is 1.85. The zero-order valence-electron chi connectivity index (χ0n) is 14.0. The summed E-state index contributed by atoms with van der Waals surface area (Å²) in [5.74, 6) is 0.767. The molecule has 0 fully saturated rings. The molecule has 1 aromatic carbocycles. The van der Waals surface area contributed by atoms with Crippen LogP contribution < -0.4 is 10.6 Å². The predicted molar refractivity (Wildman–Crippen MR) is 105 cm³/mol. The van der Waals surface area contributed by atoms with Gasteiger partial charge in [-0.2, -0.15) is 0 Å². The van der Waals surface area contributed by atoms with Gasteiger partial charge in [-0.3, -0.25) is 4.99 Å². The lowest BCUT2D eigenvalue weighted by Crippen LogP contribution is -2.43. The first-order valence-electron chi connectivity index (χ1n) is 7.05. The predicted octanol–water partition coefficient (Wildman–Crippen LogP) is 1.55. The van der Waals surface area contributed by atoms with Crippen LogP contribution in [0.1, 0.15) is 18.1 Å². The monoisotopic (exact) mass is 455 g/mol. The van der Waals surface area contributed by atoms with Gasteiger partial charge >= 0.3 is 0 Å². The van der Waals surface area contributed by atoms with Crippen molar-refractivity contribution in [1.29, 1.82) is 0 Å². The van der Waals surface area contributed by atoms with Crippen molar-refractivity contribution >= 4 is 39.8 Å². The minimum atomic E-state index is -3.00. The van der Waals surface area contributed by atoms with Crippen molar-refractivity contribution in [2.24, 2.45) is 4.99 Å². The van der Waals surface area contributed by atoms with E-state index in [2.05, 4.69) is 15.6 Å². The van der Waals surface area contributed by atoms with E-state index in [-0.39, 0.29) is 35.8 Å². The van der Waals surface area contributed by atoms with E-state index in [1.54, 1.807) is 14.2 Å². The van der Waals surface area contributed by atoms with E-state index < -0.39 is 9.84 Å². The number of nitrogens with one attached hydrogen (secondary N) is 2. The number of rotatable bonds is 7. The number of sulfone groups is 1. The summed E-state index contributed by atoms with van der Waals surface area (Å²) in [7, 11) is 0.376. The molecule has 2 N–H and O–H groups in total. The molecule has 23 heavy (non-hydrogen) atoms. The maximum atomic E-state index is 11.2. The first-order chi connectivity index (χ1) is 10.3. The number of hydrogen-bond donors (Lipinski definition) is 2. The molecule has 0 heterocycles. The van der Waals surface area contributed by atoms with Gasteiger partial charge in [0.1, 0.15) is 0 Å². The summed E-state index contributed by atoms with van der Waals surface area (Å²) in [6.07, 6.45) is 1.24. The third-order valence-corrected chi connectivity index (χ3v) is 3.79. The van der Waals surface area contributed by atoms with Crippen molar-refractivity contribution in [3.05, 3.63) is 35.4 Å². The van der Waals surface area contributed by atoms with Crippen LogP contribution >= 0.6 is 24.0 Å². The molecular formula is C15H26IN3O3S. The fourth-order valence-corrected chi connectivity index (χ4v) is 2.76. The molecule has 0 saturated heterocycles. The molecule has 1 atom stereocenters. The lowest BCUT2D eigenvalue weighted by Gasteiger charge is -2.17. The van der Waals surface area contributed by atoms with Crippen LogP contribution in [0.2, 0.25) is 0 Å². The van der Waals surface area contributed by atoms with E-state index in [0.29, 0.717) is 19.1 Å². The van der Waals surface area contributed by atoms with Crippen LogP contribution in [0.3, 0.4) is 0 Å². The van der Waals surface area contributed by atoms with Crippen LogP contribution in [0.15, 0.2) is 29.3 Å². The highest BCUT2D eigenvalue weighted by Crippen LogP contribution is 2.07. The molecule has 8 heteroatoms. The van der Waals surface area contributed by atoms with Gasteiger partial charge in [0.2, 0.25) is 0 Å². The molecule has 132 valence electrons. The van der Waals surface area contributed by atoms with Gasteiger partial charge in [-0.25, -0.2) is 8.42 Å². The second kappa shape index (κ2) is 10.8. The lowest BCUT2D eigenvalue weighted by molar-refractivity contribution is 0.179. The third kappa shape index (κ3) is 9.77. The number of benzene rings is 1. The molecule has 1 aromatic rings. The van der Waals surface area contributed by atoms with Gasteiger partial charge in [0.05, 0.1) is 12.4 Å². The van der Waals surface area contributed by atoms with Crippen molar-refractivity contribution in [3.63, 3.8) is 0 Å². The van der Waals surface area contributed by atoms with Crippen molar-refractivity contribution < 1.29 is 13.2 Å². The SMILES string of the molecule is CN=C(NCc1ccc(CS(C)(=O)=O)cc1)NC(C)COC.I. The van der Waals surface area contributed by atoms with Crippen molar-refractivity contribution in [1.82, 2.24) is 10.6 Å². The summed E-state index contributed by atoms with van der Waals surface area (Å²) in [5, 5.41) is 6.42. The minimum absolute atomic E-state index is 0. The van der Waals surface area contributed by atoms with Crippen LogP contribution in [0, 0.1) is 0 Å². The summed E-state index contributed by atoms with van der Waals surface area (Å²) >= 11 is 0. The van der Waals surface area contributed by atoms with Crippen LogP contribution in [-0.2, 0) is 26.9 Å². The molecule has 0 aliphatic heterocycles. The van der Waals surface area contributed by atoms with Crippen molar-refractivity contribution in [2.75, 3.05) is 27.0 Å². The molecule has 0 radical (unpaired) electrons. The quantitative estimate of drug-likeness (QED) is 0.371. The Kier molecular flexibility index (Phi) is 10.4. The maximum absolute atomic E-state index is 11.2. The van der Waals surface area contributed by atoms with E-state index in [0.717, 1.165) is 11.1 Å². The number of hydrogen-bond acceptors (Lipinski definition) is 4. The second-order valence-electron chi connectivity index (χ2n) is 5.31. The Morgan fingerprint density at radius 1 is 1.26 bits per heavy atom. The number of ether oxygens (including phenoxy) is 1. The van der Waals surface area contributed by atoms with Crippen LogP contribution in [-0.4, -0.2) is 47.4 Å². The van der Waals surface area contributed by atoms with E-state index >= 15 is 0 Å². The standard InChI is InChI=1S/C15H25N3O3S.HI/c1-12(10-21-3)18-15(16-2)17-9-13-5-7-14(8-6-13)11-22(4,19)20;/h5-8,12H,9-11H2,1-4H3,(H2,16,17,18);1H. The summed E-state index contributed by atoms with van der Waals surface area (Å²) < 4.78 is 27.6. The van der Waals surface area contributed by atoms with E-state index in [4.69, 9.17) is 4.74 Å². The zero-order chi connectivity index (χ0) is 16.6. The first-order valence-corrected chi connectivity index (χ1v) is 9.11. The maximum Gasteiger partial charge on any atom is 0.191 e. The molecule has 0 aliphatic carbocycles. The number of halogens is 1. The number of aliphatic imine (C=N–C) groups is 1. The highest BCUT2D eigenvalue weighted by molar-refractivity contribution is 14.0. The van der Waals surface area contributed by atoms with Gasteiger partial charge in [0.15, 0.2) is 15.8 Å². The van der Waals surface area contributed by atoms with Gasteiger partial charge in [0.25, 0.3) is 0 Å². The lowest BCUT2D eigenvalue weighted by atomic mass is 10.1. The summed E-state index contributed by atoms with van der Waals surface area (Å²) in [6.45, 7) is 3.22. The highest BCUT2D eigenvalue weighted by atomic mass is 127. The normalized spacial score (nSPS) is 13.1. The number of methoxy groups -OCH3 is 1. The first kappa shape index (κ1) is 22.1. The molecular weight excluding hydrogens is 429 g/mol. The average molecular weight is 455 g/mol. The molecule has 0 aromatic heterocycles. The third-order valence-electron chi connectivity index (χ3n) is 2.94. The van der Waals surface area contributed by atoms with Gasteiger partial charge in [-0.15, -0.1) is 24.0 Å². The van der Waals surface area contributed by atoms with Gasteiger partial charge in [-0.05, 0) is 18.1 Å². The van der Waals surface area contributed by atoms with Crippen molar-refractivity contribution in [3.8, 4) is 0 Å². The summed E-state index contributed by atoms with van der Waals surface area (Å²) in [6, 6.07) is 7.66. The molecule has 0 saturated carbocycles. The molecule has 0 aliphatic rings. The molecule has 1 rings (SSSR count). The minimum Gasteiger partial charge on any atom is -0.383 e. The molecule has 0 bridgehead atoms. The van der Waals surface area contributed by atoms with Crippen LogP contribution in [0.25, 0.3) is 0 Å². The Morgan fingerprint density at radius 2 is 1.83 bits per heavy atom. The topological polar surface area (TPSA) is 79.8 Å². The second-order valence-corrected chi connectivity index (χ2v) is 7.45. The van der Waals surface area contributed by atoms with Gasteiger partial charge in [-0.1, -0.05) is 24.3 Å². The molecule has 1 unspecified atom stereocenters. The Hall–Kier alpha value is -0.870. The Labute approximate surface area is 156 Å². The summed E-state index contributed by atoms with van der Waals surface area (Å²) in [4.78, 5) is 4.15. The largest absolute Gasteiger partial charge is 0.383 e. The van der Waals surface area contributed by atoms with Gasteiger partial charge < -0.3 is 15.4 Å². The van der Waals surface area contributed by atoms with E-state index in [1.165, 1.54) is 6.26 Å². The molecule has 6 nitrogen and oxygen atoms in total. The number of nitrogens with zero attached hydrogens (tertiary/aromatic N) is 1. The van der Waals surface area contributed by atoms with Crippen LogP contribution in [0.4, 0.5) is 0 Å². The Balaban J connectivity index is 0.00000484. The Bertz CT molecular complexity index is 588. The van der Waals surface area contributed by atoms with E-state index in [1.807, 2.05) is 31.2 Å². The molecule has 0 amide bonds. The Morgan fingerprint density at radius 3 is 2.30 bits per heavy atom. The number of guanidine groups is 1. The fraction of sp³-hybridized carbons (Fsp3) is 0.533. The average Bonchev–Trinajstić information content (AvgIpc) is 2.43. The fourth-order valence-electron chi connectivity index (χ4n) is 1.96. The van der Waals surface area contributed by atoms with Crippen LogP contribution in [0.5, 0.6) is 0 Å². The van der Waals surface area contributed by atoms with Crippen molar-refractivity contribution in [2.45, 2.75) is 25.3 Å². The zero-order valence-corrected chi connectivity index (χ0v) is 17.1. The smallest absolute Gasteiger partial charge is 0.191 e. The van der Waals surface area contributed by atoms with Gasteiger partial charge in [0, 0.05) is 33.0 Å².